The first kappa shape index (κ1) is 23.2. The van der Waals surface area contributed by atoms with E-state index in [1.54, 1.807) is 4.68 Å². The van der Waals surface area contributed by atoms with Gasteiger partial charge in [0.2, 0.25) is 5.91 Å². The van der Waals surface area contributed by atoms with Crippen molar-refractivity contribution in [1.29, 1.82) is 0 Å². The van der Waals surface area contributed by atoms with Crippen molar-refractivity contribution in [3.8, 4) is 0 Å². The van der Waals surface area contributed by atoms with Gasteiger partial charge in [0, 0.05) is 18.6 Å². The van der Waals surface area contributed by atoms with Crippen LogP contribution >= 0.6 is 12.4 Å². The molecule has 2 heterocycles. The first-order chi connectivity index (χ1) is 12.3. The highest BCUT2D eigenvalue weighted by atomic mass is 35.5. The van der Waals surface area contributed by atoms with Crippen molar-refractivity contribution in [2.24, 2.45) is 5.92 Å². The maximum Gasteiger partial charge on any atom is 0.315 e. The summed E-state index contributed by atoms with van der Waals surface area (Å²) in [4.78, 5) is 23.9. The Balaban J connectivity index is 0.00000364. The summed E-state index contributed by atoms with van der Waals surface area (Å²) < 4.78 is 1.77. The fourth-order valence-electron chi connectivity index (χ4n) is 2.67. The number of amides is 3. The van der Waals surface area contributed by atoms with Gasteiger partial charge in [0.05, 0.1) is 24.8 Å². The van der Waals surface area contributed by atoms with E-state index in [1.165, 1.54) is 0 Å². The molecule has 1 fully saturated rings. The van der Waals surface area contributed by atoms with Crippen LogP contribution in [-0.4, -0.2) is 51.6 Å². The molecule has 4 N–H and O–H groups in total. The maximum atomic E-state index is 12.1. The molecule has 0 spiro atoms. The summed E-state index contributed by atoms with van der Waals surface area (Å²) in [5.41, 5.74) is 0.687. The van der Waals surface area contributed by atoms with Crippen LogP contribution in [0.2, 0.25) is 0 Å². The number of halogens is 1. The van der Waals surface area contributed by atoms with Gasteiger partial charge in [-0.15, -0.1) is 17.5 Å². The van der Waals surface area contributed by atoms with Crippen LogP contribution in [0, 0.1) is 5.92 Å². The van der Waals surface area contributed by atoms with Crippen LogP contribution in [0.15, 0.2) is 6.20 Å². The maximum absolute atomic E-state index is 12.1. The number of nitrogens with one attached hydrogen (secondary N) is 4. The molecule has 154 valence electrons. The van der Waals surface area contributed by atoms with Crippen LogP contribution in [-0.2, 0) is 11.3 Å². The van der Waals surface area contributed by atoms with Crippen LogP contribution in [0.25, 0.3) is 0 Å². The Bertz CT molecular complexity index is 620. The molecule has 0 radical (unpaired) electrons. The molecule has 0 aliphatic carbocycles. The van der Waals surface area contributed by atoms with Crippen molar-refractivity contribution in [3.05, 3.63) is 11.9 Å². The number of carbonyl (C=O) groups is 2. The normalized spacial score (nSPS) is 20.3. The molecule has 1 aliphatic heterocycles. The monoisotopic (exact) mass is 401 g/mol. The van der Waals surface area contributed by atoms with Crippen molar-refractivity contribution in [3.63, 3.8) is 0 Å². The average molecular weight is 402 g/mol. The lowest BCUT2D eigenvalue weighted by molar-refractivity contribution is -0.123. The number of carbonyl (C=O) groups excluding carboxylic acids is 2. The highest BCUT2D eigenvalue weighted by Gasteiger charge is 2.31. The van der Waals surface area contributed by atoms with E-state index in [0.29, 0.717) is 31.1 Å². The lowest BCUT2D eigenvalue weighted by Crippen LogP contribution is -2.43. The lowest BCUT2D eigenvalue weighted by atomic mass is 10.1. The van der Waals surface area contributed by atoms with E-state index in [2.05, 4.69) is 45.4 Å². The van der Waals surface area contributed by atoms with Crippen molar-refractivity contribution in [1.82, 2.24) is 36.3 Å². The standard InChI is InChI=1S/C17H31N7O2.ClH/c1-10(2)12(5)21-17(26)19-7-13-9-24(23-22-13)14-6-15(18-8-14)16(25)20-11(3)4;/h9-12,14-15,18H,6-8H2,1-5H3,(H,20,25)(H2,19,21,26);1H/t12-,14-,15+;/m1./s1. The van der Waals surface area contributed by atoms with E-state index in [0.717, 1.165) is 0 Å². The van der Waals surface area contributed by atoms with Gasteiger partial charge in [-0.05, 0) is 33.1 Å². The zero-order valence-corrected chi connectivity index (χ0v) is 17.5. The Kier molecular flexibility index (Phi) is 8.98. The minimum Gasteiger partial charge on any atom is -0.353 e. The van der Waals surface area contributed by atoms with Gasteiger partial charge in [-0.3, -0.25) is 4.79 Å². The van der Waals surface area contributed by atoms with Gasteiger partial charge in [-0.1, -0.05) is 19.1 Å². The highest BCUT2D eigenvalue weighted by Crippen LogP contribution is 2.19. The second-order valence-electron chi connectivity index (χ2n) is 7.56. The summed E-state index contributed by atoms with van der Waals surface area (Å²) in [6.07, 6.45) is 2.49. The second kappa shape index (κ2) is 10.5. The molecule has 1 aromatic rings. The molecular weight excluding hydrogens is 370 g/mol. The zero-order valence-electron chi connectivity index (χ0n) is 16.7. The SMILES string of the molecule is CC(C)NC(=O)[C@@H]1C[C@@H](n2cc(CNC(=O)N[C@H](C)C(C)C)nn2)CN1.Cl. The first-order valence-corrected chi connectivity index (χ1v) is 9.25. The van der Waals surface area contributed by atoms with E-state index in [1.807, 2.05) is 27.0 Å². The number of urea groups is 1. The third-order valence-corrected chi connectivity index (χ3v) is 4.58. The molecule has 10 heteroatoms. The second-order valence-corrected chi connectivity index (χ2v) is 7.56. The predicted octanol–water partition coefficient (Wildman–Crippen LogP) is 0.971. The van der Waals surface area contributed by atoms with Crippen LogP contribution in [0.3, 0.4) is 0 Å². The molecule has 1 aliphatic rings. The average Bonchev–Trinajstić information content (AvgIpc) is 3.21. The van der Waals surface area contributed by atoms with Gasteiger partial charge in [-0.25, -0.2) is 9.48 Å². The largest absolute Gasteiger partial charge is 0.353 e. The first-order valence-electron chi connectivity index (χ1n) is 9.25. The molecule has 1 saturated heterocycles. The van der Waals surface area contributed by atoms with Crippen molar-refractivity contribution in [2.45, 2.75) is 71.8 Å². The van der Waals surface area contributed by atoms with Gasteiger partial charge in [0.15, 0.2) is 0 Å². The summed E-state index contributed by atoms with van der Waals surface area (Å²) in [6, 6.07) is -0.125. The number of rotatable bonds is 7. The quantitative estimate of drug-likeness (QED) is 0.543. The fraction of sp³-hybridized carbons (Fsp3) is 0.765. The van der Waals surface area contributed by atoms with E-state index in [9.17, 15) is 9.59 Å². The smallest absolute Gasteiger partial charge is 0.315 e. The number of hydrogen-bond acceptors (Lipinski definition) is 5. The Morgan fingerprint density at radius 1 is 1.26 bits per heavy atom. The molecule has 0 bridgehead atoms. The summed E-state index contributed by atoms with van der Waals surface area (Å²) in [7, 11) is 0. The predicted molar refractivity (Wildman–Crippen MR) is 106 cm³/mol. The topological polar surface area (TPSA) is 113 Å². The molecule has 3 atom stereocenters. The molecule has 3 amide bonds. The third kappa shape index (κ3) is 6.99. The van der Waals surface area contributed by atoms with Gasteiger partial charge in [0.1, 0.15) is 5.69 Å². The Hall–Kier alpha value is -1.87. The summed E-state index contributed by atoms with van der Waals surface area (Å²) in [5.74, 6) is 0.387. The molecule has 9 nitrogen and oxygen atoms in total. The molecule has 0 unspecified atom stereocenters. The third-order valence-electron chi connectivity index (χ3n) is 4.58. The van der Waals surface area contributed by atoms with E-state index < -0.39 is 0 Å². The van der Waals surface area contributed by atoms with Gasteiger partial charge < -0.3 is 21.3 Å². The minimum absolute atomic E-state index is 0. The van der Waals surface area contributed by atoms with E-state index >= 15 is 0 Å². The Morgan fingerprint density at radius 3 is 2.59 bits per heavy atom. The number of nitrogens with zero attached hydrogens (tertiary/aromatic N) is 3. The summed E-state index contributed by atoms with van der Waals surface area (Å²) in [6.45, 7) is 11.0. The van der Waals surface area contributed by atoms with Gasteiger partial charge in [0.25, 0.3) is 0 Å². The van der Waals surface area contributed by atoms with Crippen LogP contribution < -0.4 is 21.3 Å². The molecular formula is C17H32ClN7O2. The minimum atomic E-state index is -0.214. The highest BCUT2D eigenvalue weighted by molar-refractivity contribution is 5.85. The Labute approximate surface area is 166 Å². The van der Waals surface area contributed by atoms with Crippen molar-refractivity contribution >= 4 is 24.3 Å². The van der Waals surface area contributed by atoms with Crippen molar-refractivity contribution in [2.75, 3.05) is 6.54 Å². The van der Waals surface area contributed by atoms with Gasteiger partial charge in [-0.2, -0.15) is 0 Å². The number of aromatic nitrogens is 3. The fourth-order valence-corrected chi connectivity index (χ4v) is 2.67. The molecule has 2 rings (SSSR count). The molecule has 1 aromatic heterocycles. The zero-order chi connectivity index (χ0) is 19.3. The van der Waals surface area contributed by atoms with Crippen LogP contribution in [0.5, 0.6) is 0 Å². The van der Waals surface area contributed by atoms with E-state index in [4.69, 9.17) is 0 Å². The van der Waals surface area contributed by atoms with Crippen molar-refractivity contribution < 1.29 is 9.59 Å². The summed E-state index contributed by atoms with van der Waals surface area (Å²) >= 11 is 0. The summed E-state index contributed by atoms with van der Waals surface area (Å²) in [5, 5.41) is 20.1. The molecule has 0 saturated carbocycles. The van der Waals surface area contributed by atoms with Crippen LogP contribution in [0.4, 0.5) is 4.79 Å². The lowest BCUT2D eigenvalue weighted by Gasteiger charge is -2.17. The molecule has 0 aromatic carbocycles. The van der Waals surface area contributed by atoms with E-state index in [-0.39, 0.29) is 48.5 Å². The molecule has 27 heavy (non-hydrogen) atoms. The number of hydrogen-bond donors (Lipinski definition) is 4. The van der Waals surface area contributed by atoms with Crippen LogP contribution in [0.1, 0.15) is 52.8 Å². The van der Waals surface area contributed by atoms with Gasteiger partial charge >= 0.3 is 6.03 Å². The Morgan fingerprint density at radius 2 is 1.96 bits per heavy atom.